The van der Waals surface area contributed by atoms with E-state index in [1.807, 2.05) is 18.4 Å². The Labute approximate surface area is 105 Å². The first-order valence-corrected chi connectivity index (χ1v) is 7.89. The number of hydrogen-bond acceptors (Lipinski definition) is 5. The molecule has 1 rings (SSSR count). The Balaban J connectivity index is 2.41. The first kappa shape index (κ1) is 14.1. The molecule has 96 valence electrons. The van der Waals surface area contributed by atoms with Gasteiger partial charge < -0.3 is 4.74 Å². The summed E-state index contributed by atoms with van der Waals surface area (Å²) in [6, 6.07) is 1.88. The van der Waals surface area contributed by atoms with E-state index >= 15 is 0 Å². The van der Waals surface area contributed by atoms with E-state index in [0.717, 1.165) is 18.2 Å². The molecule has 0 aliphatic heterocycles. The van der Waals surface area contributed by atoms with Crippen LogP contribution in [0.1, 0.15) is 22.2 Å². The molecule has 1 heterocycles. The second-order valence-electron chi connectivity index (χ2n) is 3.43. The normalized spacial score (nSPS) is 11.4. The number of nitrogens with one attached hydrogen (secondary N) is 1. The summed E-state index contributed by atoms with van der Waals surface area (Å²) in [5, 5.41) is 1.84. The van der Waals surface area contributed by atoms with Gasteiger partial charge in [-0.15, -0.1) is 11.3 Å². The van der Waals surface area contributed by atoms with Crippen LogP contribution in [0.5, 0.6) is 0 Å². The molecule has 1 aromatic heterocycles. The molecule has 0 aromatic carbocycles. The van der Waals surface area contributed by atoms with E-state index in [1.165, 1.54) is 11.3 Å². The molecule has 7 heteroatoms. The fourth-order valence-electron chi connectivity index (χ4n) is 1.23. The number of esters is 1. The fourth-order valence-corrected chi connectivity index (χ4v) is 2.57. The van der Waals surface area contributed by atoms with Crippen molar-refractivity contribution < 1.29 is 17.9 Å². The molecule has 0 atom stereocenters. The van der Waals surface area contributed by atoms with E-state index in [1.54, 1.807) is 0 Å². The molecule has 1 aromatic rings. The highest BCUT2D eigenvalue weighted by molar-refractivity contribution is 7.88. The summed E-state index contributed by atoms with van der Waals surface area (Å²) in [6.07, 6.45) is 1.83. The van der Waals surface area contributed by atoms with Gasteiger partial charge in [0.25, 0.3) is 0 Å². The van der Waals surface area contributed by atoms with E-state index in [4.69, 9.17) is 4.74 Å². The molecule has 0 saturated carbocycles. The Morgan fingerprint density at radius 1 is 1.53 bits per heavy atom. The largest absolute Gasteiger partial charge is 0.460 e. The molecule has 0 spiro atoms. The van der Waals surface area contributed by atoms with Crippen LogP contribution in [0.3, 0.4) is 0 Å². The van der Waals surface area contributed by atoms with E-state index in [2.05, 4.69) is 4.72 Å². The van der Waals surface area contributed by atoms with Gasteiger partial charge in [-0.25, -0.2) is 17.9 Å². The topological polar surface area (TPSA) is 72.5 Å². The lowest BCUT2D eigenvalue weighted by atomic mass is 10.2. The minimum absolute atomic E-state index is 0.0347. The van der Waals surface area contributed by atoms with Crippen molar-refractivity contribution in [1.29, 1.82) is 0 Å². The van der Waals surface area contributed by atoms with Crippen molar-refractivity contribution in [2.24, 2.45) is 0 Å². The summed E-state index contributed by atoms with van der Waals surface area (Å²) >= 11 is 1.33. The highest BCUT2D eigenvalue weighted by Crippen LogP contribution is 2.18. The van der Waals surface area contributed by atoms with Crippen LogP contribution in [0, 0.1) is 0 Å². The van der Waals surface area contributed by atoms with Gasteiger partial charge in [-0.05, 0) is 23.4 Å². The molecule has 0 amide bonds. The van der Waals surface area contributed by atoms with Crippen molar-refractivity contribution in [1.82, 2.24) is 4.72 Å². The number of rotatable bonds is 6. The second-order valence-corrected chi connectivity index (χ2v) is 6.18. The zero-order valence-electron chi connectivity index (χ0n) is 9.73. The summed E-state index contributed by atoms with van der Waals surface area (Å²) < 4.78 is 28.7. The Morgan fingerprint density at radius 2 is 2.24 bits per heavy atom. The van der Waals surface area contributed by atoms with Crippen LogP contribution in [0.15, 0.2) is 11.4 Å². The Kier molecular flexibility index (Phi) is 5.10. The maximum Gasteiger partial charge on any atom is 0.348 e. The van der Waals surface area contributed by atoms with Gasteiger partial charge in [-0.3, -0.25) is 0 Å². The number of carbonyl (C=O) groups excluding carboxylic acids is 1. The van der Waals surface area contributed by atoms with Crippen molar-refractivity contribution >= 4 is 27.3 Å². The standard InChI is InChI=1S/C10H15NO4S2/c1-3-8-4-7-16-9(8)10(12)15-6-5-11-17(2,13)14/h4,7,11H,3,5-6H2,1-2H3. The number of sulfonamides is 1. The first-order valence-electron chi connectivity index (χ1n) is 5.12. The molecule has 0 fully saturated rings. The van der Waals surface area contributed by atoms with Crippen molar-refractivity contribution in [3.63, 3.8) is 0 Å². The molecule has 0 bridgehead atoms. The summed E-state index contributed by atoms with van der Waals surface area (Å²) in [4.78, 5) is 12.2. The molecule has 17 heavy (non-hydrogen) atoms. The van der Waals surface area contributed by atoms with Crippen LogP contribution in [-0.4, -0.2) is 33.8 Å². The van der Waals surface area contributed by atoms with Crippen LogP contribution >= 0.6 is 11.3 Å². The maximum atomic E-state index is 11.6. The zero-order chi connectivity index (χ0) is 12.9. The van der Waals surface area contributed by atoms with Crippen molar-refractivity contribution in [2.75, 3.05) is 19.4 Å². The number of aryl methyl sites for hydroxylation is 1. The average Bonchev–Trinajstić information content (AvgIpc) is 2.70. The molecule has 0 aliphatic rings. The van der Waals surface area contributed by atoms with Gasteiger partial charge in [-0.1, -0.05) is 6.92 Å². The van der Waals surface area contributed by atoms with E-state index in [-0.39, 0.29) is 13.2 Å². The Morgan fingerprint density at radius 3 is 2.82 bits per heavy atom. The predicted octanol–water partition coefficient (Wildman–Crippen LogP) is 1.02. The van der Waals surface area contributed by atoms with Gasteiger partial charge in [0.15, 0.2) is 0 Å². The Bertz CT molecular complexity index is 478. The quantitative estimate of drug-likeness (QED) is 0.622. The molecular formula is C10H15NO4S2. The lowest BCUT2D eigenvalue weighted by Gasteiger charge is -2.05. The first-order chi connectivity index (χ1) is 7.94. The van der Waals surface area contributed by atoms with E-state index in [0.29, 0.717) is 4.88 Å². The highest BCUT2D eigenvalue weighted by atomic mass is 32.2. The second kappa shape index (κ2) is 6.13. The van der Waals surface area contributed by atoms with Crippen LogP contribution in [0.2, 0.25) is 0 Å². The molecule has 0 radical (unpaired) electrons. The van der Waals surface area contributed by atoms with E-state index < -0.39 is 16.0 Å². The third-order valence-corrected chi connectivity index (χ3v) is 3.68. The lowest BCUT2D eigenvalue weighted by molar-refractivity contribution is 0.0518. The number of carbonyl (C=O) groups is 1. The van der Waals surface area contributed by atoms with E-state index in [9.17, 15) is 13.2 Å². The van der Waals surface area contributed by atoms with Crippen LogP contribution < -0.4 is 4.72 Å². The van der Waals surface area contributed by atoms with Gasteiger partial charge in [-0.2, -0.15) is 0 Å². The van der Waals surface area contributed by atoms with Gasteiger partial charge in [0, 0.05) is 6.54 Å². The third kappa shape index (κ3) is 4.84. The van der Waals surface area contributed by atoms with Crippen LogP contribution in [0.25, 0.3) is 0 Å². The molecule has 0 aliphatic carbocycles. The molecule has 1 N–H and O–H groups in total. The van der Waals surface area contributed by atoms with Gasteiger partial charge in [0.2, 0.25) is 10.0 Å². The molecule has 0 unspecified atom stereocenters. The summed E-state index contributed by atoms with van der Waals surface area (Å²) in [7, 11) is -3.23. The highest BCUT2D eigenvalue weighted by Gasteiger charge is 2.13. The SMILES string of the molecule is CCc1ccsc1C(=O)OCCNS(C)(=O)=O. The minimum atomic E-state index is -3.23. The molecule has 5 nitrogen and oxygen atoms in total. The number of thiophene rings is 1. The minimum Gasteiger partial charge on any atom is -0.460 e. The van der Waals surface area contributed by atoms with Crippen molar-refractivity contribution in [3.05, 3.63) is 21.9 Å². The van der Waals surface area contributed by atoms with Crippen molar-refractivity contribution in [3.8, 4) is 0 Å². The predicted molar refractivity (Wildman–Crippen MR) is 66.8 cm³/mol. The average molecular weight is 277 g/mol. The zero-order valence-corrected chi connectivity index (χ0v) is 11.4. The maximum absolute atomic E-state index is 11.6. The lowest BCUT2D eigenvalue weighted by Crippen LogP contribution is -2.26. The van der Waals surface area contributed by atoms with Gasteiger partial charge in [0.05, 0.1) is 6.26 Å². The number of ether oxygens (including phenoxy) is 1. The molecular weight excluding hydrogens is 262 g/mol. The molecule has 0 saturated heterocycles. The summed E-state index contributed by atoms with van der Waals surface area (Å²) in [5.74, 6) is -0.396. The van der Waals surface area contributed by atoms with Gasteiger partial charge in [0.1, 0.15) is 11.5 Å². The van der Waals surface area contributed by atoms with Crippen LogP contribution in [-0.2, 0) is 21.2 Å². The fraction of sp³-hybridized carbons (Fsp3) is 0.500. The van der Waals surface area contributed by atoms with Crippen molar-refractivity contribution in [2.45, 2.75) is 13.3 Å². The Hall–Kier alpha value is -0.920. The monoisotopic (exact) mass is 277 g/mol. The summed E-state index contributed by atoms with van der Waals surface area (Å²) in [6.45, 7) is 2.09. The smallest absolute Gasteiger partial charge is 0.348 e. The van der Waals surface area contributed by atoms with Crippen LogP contribution in [0.4, 0.5) is 0 Å². The summed E-state index contributed by atoms with van der Waals surface area (Å²) in [5.41, 5.74) is 0.955. The number of hydrogen-bond donors (Lipinski definition) is 1. The van der Waals surface area contributed by atoms with Gasteiger partial charge >= 0.3 is 5.97 Å². The third-order valence-electron chi connectivity index (χ3n) is 2.01.